The van der Waals surface area contributed by atoms with Crippen LogP contribution in [0.1, 0.15) is 10.4 Å². The Morgan fingerprint density at radius 2 is 1.93 bits per heavy atom. The molecule has 0 aromatic heterocycles. The van der Waals surface area contributed by atoms with Crippen molar-refractivity contribution in [2.45, 2.75) is 0 Å². The molecule has 0 spiro atoms. The van der Waals surface area contributed by atoms with Crippen LogP contribution in [0.25, 0.3) is 10.8 Å². The lowest BCUT2D eigenvalue weighted by atomic mass is 10.1. The highest BCUT2D eigenvalue weighted by molar-refractivity contribution is 9.11. The first-order valence-corrected chi connectivity index (χ1v) is 5.78. The number of carbonyl (C=O) groups is 1. The van der Waals surface area contributed by atoms with Gasteiger partial charge in [-0.2, -0.15) is 0 Å². The minimum Gasteiger partial charge on any atom is -0.506 e. The molecule has 0 unspecified atom stereocenters. The largest absolute Gasteiger partial charge is 0.506 e. The van der Waals surface area contributed by atoms with Gasteiger partial charge in [0, 0.05) is 4.47 Å². The molecule has 1 N–H and O–H groups in total. The molecule has 0 amide bonds. The van der Waals surface area contributed by atoms with Crippen LogP contribution in [0.5, 0.6) is 5.75 Å². The molecule has 2 aromatic carbocycles. The van der Waals surface area contributed by atoms with Gasteiger partial charge < -0.3 is 5.11 Å². The number of hydrogen-bond acceptors (Lipinski definition) is 2. The zero-order valence-electron chi connectivity index (χ0n) is 7.50. The monoisotopic (exact) mass is 328 g/mol. The summed E-state index contributed by atoms with van der Waals surface area (Å²) in [6.07, 6.45) is 0.639. The Bertz CT molecular complexity index is 550. The summed E-state index contributed by atoms with van der Waals surface area (Å²) in [5, 5.41) is 11.5. The normalized spacial score (nSPS) is 10.5. The van der Waals surface area contributed by atoms with E-state index in [9.17, 15) is 9.90 Å². The third-order valence-corrected chi connectivity index (χ3v) is 3.47. The number of benzene rings is 2. The molecular weight excluding hydrogens is 324 g/mol. The molecule has 2 nitrogen and oxygen atoms in total. The Balaban J connectivity index is 2.90. The van der Waals surface area contributed by atoms with Crippen molar-refractivity contribution in [1.82, 2.24) is 0 Å². The zero-order chi connectivity index (χ0) is 11.0. The molecule has 0 heterocycles. The highest BCUT2D eigenvalue weighted by Crippen LogP contribution is 2.35. The lowest BCUT2D eigenvalue weighted by Gasteiger charge is -2.06. The summed E-state index contributed by atoms with van der Waals surface area (Å²) in [5.41, 5.74) is 0.285. The van der Waals surface area contributed by atoms with Gasteiger partial charge in [-0.3, -0.25) is 4.79 Å². The average Bonchev–Trinajstić information content (AvgIpc) is 2.23. The smallest absolute Gasteiger partial charge is 0.153 e. The molecule has 0 fully saturated rings. The van der Waals surface area contributed by atoms with Gasteiger partial charge in [-0.05, 0) is 44.9 Å². The fourth-order valence-corrected chi connectivity index (χ4v) is 2.40. The highest BCUT2D eigenvalue weighted by Gasteiger charge is 2.09. The van der Waals surface area contributed by atoms with Crippen LogP contribution in [0.3, 0.4) is 0 Å². The summed E-state index contributed by atoms with van der Waals surface area (Å²) in [5.74, 6) is -0.0141. The summed E-state index contributed by atoms with van der Waals surface area (Å²) in [6, 6.07) is 7.31. The molecule has 4 heteroatoms. The molecule has 15 heavy (non-hydrogen) atoms. The van der Waals surface area contributed by atoms with Gasteiger partial charge in [0.05, 0.1) is 10.0 Å². The van der Waals surface area contributed by atoms with E-state index in [1.54, 1.807) is 6.07 Å². The summed E-state index contributed by atoms with van der Waals surface area (Å²) in [6.45, 7) is 0. The number of rotatable bonds is 1. The molecule has 2 rings (SSSR count). The number of carbonyl (C=O) groups excluding carboxylic acids is 1. The number of aromatic hydroxyl groups is 1. The second-order valence-electron chi connectivity index (χ2n) is 3.11. The molecule has 0 aliphatic heterocycles. The number of hydrogen-bond donors (Lipinski definition) is 1. The summed E-state index contributed by atoms with van der Waals surface area (Å²) in [4.78, 5) is 10.7. The summed E-state index contributed by atoms with van der Waals surface area (Å²) in [7, 11) is 0. The van der Waals surface area contributed by atoms with Gasteiger partial charge >= 0.3 is 0 Å². The molecular formula is C11H6Br2O2. The Morgan fingerprint density at radius 1 is 1.20 bits per heavy atom. The van der Waals surface area contributed by atoms with E-state index in [0.29, 0.717) is 10.8 Å². The molecule has 0 saturated heterocycles. The average molecular weight is 330 g/mol. The second kappa shape index (κ2) is 3.94. The number of fused-ring (bicyclic) bond motifs is 1. The maximum absolute atomic E-state index is 10.7. The topological polar surface area (TPSA) is 37.3 Å². The van der Waals surface area contributed by atoms with Gasteiger partial charge in [0.1, 0.15) is 5.75 Å². The number of phenols is 1. The van der Waals surface area contributed by atoms with Gasteiger partial charge in [-0.1, -0.05) is 22.0 Å². The molecule has 0 saturated carbocycles. The molecule has 0 atom stereocenters. The third kappa shape index (κ3) is 1.79. The van der Waals surface area contributed by atoms with E-state index >= 15 is 0 Å². The lowest BCUT2D eigenvalue weighted by Crippen LogP contribution is -1.85. The fourth-order valence-electron chi connectivity index (χ4n) is 1.43. The molecule has 0 bridgehead atoms. The van der Waals surface area contributed by atoms with Gasteiger partial charge in [0.2, 0.25) is 0 Å². The zero-order valence-corrected chi connectivity index (χ0v) is 10.7. The molecule has 2 aromatic rings. The Hall–Kier alpha value is -0.870. The first-order valence-electron chi connectivity index (χ1n) is 4.19. The van der Waals surface area contributed by atoms with E-state index in [2.05, 4.69) is 31.9 Å². The molecule has 0 aliphatic rings. The van der Waals surface area contributed by atoms with E-state index in [4.69, 9.17) is 0 Å². The third-order valence-electron chi connectivity index (χ3n) is 2.17. The first-order chi connectivity index (χ1) is 7.13. The van der Waals surface area contributed by atoms with Crippen molar-refractivity contribution in [3.63, 3.8) is 0 Å². The predicted molar refractivity (Wildman–Crippen MR) is 66.4 cm³/mol. The Kier molecular flexibility index (Phi) is 2.80. The Morgan fingerprint density at radius 3 is 2.60 bits per heavy atom. The van der Waals surface area contributed by atoms with E-state index in [1.807, 2.05) is 18.2 Å². The van der Waals surface area contributed by atoms with E-state index in [-0.39, 0.29) is 11.3 Å². The van der Waals surface area contributed by atoms with E-state index in [0.717, 1.165) is 15.2 Å². The van der Waals surface area contributed by atoms with Crippen molar-refractivity contribution in [3.05, 3.63) is 38.8 Å². The number of halogens is 2. The summed E-state index contributed by atoms with van der Waals surface area (Å²) < 4.78 is 1.49. The fraction of sp³-hybridized carbons (Fsp3) is 0. The molecule has 0 aliphatic carbocycles. The first kappa shape index (κ1) is 10.6. The van der Waals surface area contributed by atoms with Crippen molar-refractivity contribution in [2.75, 3.05) is 0 Å². The second-order valence-corrected chi connectivity index (χ2v) is 4.82. The minimum absolute atomic E-state index is 0.0141. The summed E-state index contributed by atoms with van der Waals surface area (Å²) >= 11 is 6.63. The quantitative estimate of drug-likeness (QED) is 0.806. The van der Waals surface area contributed by atoms with Crippen molar-refractivity contribution in [1.29, 1.82) is 0 Å². The lowest BCUT2D eigenvalue weighted by molar-refractivity contribution is 0.112. The SMILES string of the molecule is O=Cc1cc2cc(Br)ccc2c(Br)c1O. The van der Waals surface area contributed by atoms with Gasteiger partial charge in [0.25, 0.3) is 0 Å². The maximum Gasteiger partial charge on any atom is 0.153 e. The van der Waals surface area contributed by atoms with Crippen LogP contribution in [0, 0.1) is 0 Å². The van der Waals surface area contributed by atoms with Crippen LogP contribution < -0.4 is 0 Å². The van der Waals surface area contributed by atoms with Crippen molar-refractivity contribution in [3.8, 4) is 5.75 Å². The molecule has 0 radical (unpaired) electrons. The van der Waals surface area contributed by atoms with Crippen LogP contribution >= 0.6 is 31.9 Å². The van der Waals surface area contributed by atoms with E-state index in [1.165, 1.54) is 0 Å². The maximum atomic E-state index is 10.7. The van der Waals surface area contributed by atoms with Crippen LogP contribution in [0.2, 0.25) is 0 Å². The van der Waals surface area contributed by atoms with Crippen LogP contribution in [-0.4, -0.2) is 11.4 Å². The minimum atomic E-state index is -0.0141. The molecule has 76 valence electrons. The number of phenolic OH excluding ortho intramolecular Hbond substituents is 1. The predicted octanol–water partition coefficient (Wildman–Crippen LogP) is 3.88. The highest BCUT2D eigenvalue weighted by atomic mass is 79.9. The van der Waals surface area contributed by atoms with E-state index < -0.39 is 0 Å². The van der Waals surface area contributed by atoms with Crippen molar-refractivity contribution < 1.29 is 9.90 Å². The van der Waals surface area contributed by atoms with Crippen molar-refractivity contribution >= 4 is 48.9 Å². The van der Waals surface area contributed by atoms with Gasteiger partial charge in [-0.25, -0.2) is 0 Å². The standard InChI is InChI=1S/C11H6Br2O2/c12-8-1-2-9-6(4-8)3-7(5-14)11(15)10(9)13/h1-5,15H. The van der Waals surface area contributed by atoms with Crippen molar-refractivity contribution in [2.24, 2.45) is 0 Å². The number of aldehydes is 1. The van der Waals surface area contributed by atoms with Gasteiger partial charge in [0.15, 0.2) is 6.29 Å². The van der Waals surface area contributed by atoms with Crippen LogP contribution in [0.15, 0.2) is 33.2 Å². The Labute approximate surface area is 103 Å². The van der Waals surface area contributed by atoms with Gasteiger partial charge in [-0.15, -0.1) is 0 Å². The van der Waals surface area contributed by atoms with Crippen LogP contribution in [-0.2, 0) is 0 Å². The van der Waals surface area contributed by atoms with Crippen LogP contribution in [0.4, 0.5) is 0 Å².